The summed E-state index contributed by atoms with van der Waals surface area (Å²) < 4.78 is 27.0. The molecule has 0 fully saturated rings. The van der Waals surface area contributed by atoms with Crippen molar-refractivity contribution in [3.8, 4) is 23.0 Å². The van der Waals surface area contributed by atoms with Crippen LogP contribution in [0.2, 0.25) is 0 Å². The van der Waals surface area contributed by atoms with Crippen molar-refractivity contribution in [2.75, 3.05) is 27.9 Å². The van der Waals surface area contributed by atoms with Crippen molar-refractivity contribution in [1.82, 2.24) is 0 Å². The van der Waals surface area contributed by atoms with E-state index in [1.807, 2.05) is 18.2 Å². The average molecular weight is 536 g/mol. The van der Waals surface area contributed by atoms with Gasteiger partial charge in [-0.05, 0) is 61.6 Å². The maximum Gasteiger partial charge on any atom is 0.315 e. The Kier molecular flexibility index (Phi) is 8.38. The number of hydrogen-bond acceptors (Lipinski definition) is 9. The molecule has 3 atom stereocenters. The van der Waals surface area contributed by atoms with Gasteiger partial charge < -0.3 is 23.7 Å². The lowest BCUT2D eigenvalue weighted by Crippen LogP contribution is -2.38. The maximum atomic E-state index is 13.8. The fourth-order valence-electron chi connectivity index (χ4n) is 5.42. The van der Waals surface area contributed by atoms with E-state index in [2.05, 4.69) is 0 Å². The Morgan fingerprint density at radius 1 is 0.897 bits per heavy atom. The number of carbonyl (C=O) groups excluding carboxylic acids is 3. The second kappa shape index (κ2) is 11.7. The Hall–Kier alpha value is -4.14. The van der Waals surface area contributed by atoms with Crippen LogP contribution in [0, 0.1) is 5.92 Å². The second-order valence-corrected chi connectivity index (χ2v) is 9.47. The maximum absolute atomic E-state index is 13.8. The minimum Gasteiger partial charge on any atom is -0.493 e. The SMILES string of the molecule is CCOC(=O)C1C(C)=NC2=C(C(=O)C[C@H](c3ccc(OC)c(OC)c3)C2)[C@H]1c1ccc(OC(C)=O)c(OC)c1. The van der Waals surface area contributed by atoms with Gasteiger partial charge in [0.1, 0.15) is 5.92 Å². The number of aliphatic imine (C=N–C) groups is 1. The fourth-order valence-corrected chi connectivity index (χ4v) is 5.42. The first kappa shape index (κ1) is 27.9. The van der Waals surface area contributed by atoms with Crippen LogP contribution in [0.3, 0.4) is 0 Å². The topological polar surface area (TPSA) is 110 Å². The monoisotopic (exact) mass is 535 g/mol. The first-order valence-corrected chi connectivity index (χ1v) is 12.8. The molecule has 2 aromatic rings. The van der Waals surface area contributed by atoms with Crippen molar-refractivity contribution in [2.24, 2.45) is 10.9 Å². The number of ether oxygens (including phenoxy) is 5. The summed E-state index contributed by atoms with van der Waals surface area (Å²) in [5.41, 5.74) is 3.33. The van der Waals surface area contributed by atoms with Crippen molar-refractivity contribution < 1.29 is 38.1 Å². The normalized spacial score (nSPS) is 20.5. The molecule has 1 heterocycles. The summed E-state index contributed by atoms with van der Waals surface area (Å²) in [5.74, 6) is -0.787. The molecular weight excluding hydrogens is 502 g/mol. The van der Waals surface area contributed by atoms with E-state index in [1.165, 1.54) is 14.0 Å². The highest BCUT2D eigenvalue weighted by molar-refractivity contribution is 6.09. The molecular formula is C30H33NO8. The molecule has 0 radical (unpaired) electrons. The van der Waals surface area contributed by atoms with E-state index in [1.54, 1.807) is 46.3 Å². The number of methoxy groups -OCH3 is 3. The van der Waals surface area contributed by atoms with E-state index in [0.717, 1.165) is 5.56 Å². The highest BCUT2D eigenvalue weighted by Gasteiger charge is 2.45. The number of benzene rings is 2. The Morgan fingerprint density at radius 2 is 1.51 bits per heavy atom. The van der Waals surface area contributed by atoms with E-state index in [9.17, 15) is 14.4 Å². The number of ketones is 1. The largest absolute Gasteiger partial charge is 0.493 e. The van der Waals surface area contributed by atoms with E-state index >= 15 is 0 Å². The van der Waals surface area contributed by atoms with Gasteiger partial charge in [0.15, 0.2) is 28.8 Å². The number of rotatable bonds is 8. The summed E-state index contributed by atoms with van der Waals surface area (Å²) in [6.07, 6.45) is 0.764. The third-order valence-corrected chi connectivity index (χ3v) is 7.11. The van der Waals surface area contributed by atoms with E-state index in [0.29, 0.717) is 46.2 Å². The lowest BCUT2D eigenvalue weighted by Gasteiger charge is -2.36. The molecule has 0 spiro atoms. The van der Waals surface area contributed by atoms with Crippen molar-refractivity contribution in [3.63, 3.8) is 0 Å². The molecule has 0 saturated carbocycles. The number of hydrogen-bond donors (Lipinski definition) is 0. The Morgan fingerprint density at radius 3 is 2.15 bits per heavy atom. The van der Waals surface area contributed by atoms with Gasteiger partial charge in [0.2, 0.25) is 0 Å². The molecule has 0 saturated heterocycles. The van der Waals surface area contributed by atoms with Gasteiger partial charge in [0.25, 0.3) is 0 Å². The highest BCUT2D eigenvalue weighted by atomic mass is 16.6. The fraction of sp³-hybridized carbons (Fsp3) is 0.400. The number of carbonyl (C=O) groups is 3. The standard InChI is InChI=1S/C30H33NO8/c1-7-38-30(34)27-16(2)31-21-12-20(18-8-10-23(35-4)25(14-18)36-5)13-22(33)29(21)28(27)19-9-11-24(39-17(3)32)26(15-19)37-6/h8-11,14-15,20,27-28H,7,12-13H2,1-6H3/t20-,27?,28+/m1/s1. The lowest BCUT2D eigenvalue weighted by molar-refractivity contribution is -0.146. The third-order valence-electron chi connectivity index (χ3n) is 7.11. The predicted molar refractivity (Wildman–Crippen MR) is 144 cm³/mol. The van der Waals surface area contributed by atoms with Gasteiger partial charge in [0, 0.05) is 36.2 Å². The van der Waals surface area contributed by atoms with Crippen molar-refractivity contribution in [1.29, 1.82) is 0 Å². The molecule has 0 amide bonds. The zero-order chi connectivity index (χ0) is 28.3. The Labute approximate surface area is 227 Å². The smallest absolute Gasteiger partial charge is 0.315 e. The first-order chi connectivity index (χ1) is 18.7. The second-order valence-electron chi connectivity index (χ2n) is 9.47. The summed E-state index contributed by atoms with van der Waals surface area (Å²) in [4.78, 5) is 43.4. The van der Waals surface area contributed by atoms with Crippen molar-refractivity contribution >= 4 is 23.4 Å². The predicted octanol–water partition coefficient (Wildman–Crippen LogP) is 4.78. The Bertz CT molecular complexity index is 1360. The van der Waals surface area contributed by atoms with Crippen LogP contribution in [0.1, 0.15) is 56.6 Å². The Balaban J connectivity index is 1.80. The molecule has 0 bridgehead atoms. The molecule has 2 aliphatic rings. The summed E-state index contributed by atoms with van der Waals surface area (Å²) in [5, 5.41) is 0. The van der Waals surface area contributed by atoms with Crippen LogP contribution in [0.4, 0.5) is 0 Å². The van der Waals surface area contributed by atoms with E-state index in [4.69, 9.17) is 28.7 Å². The highest BCUT2D eigenvalue weighted by Crippen LogP contribution is 2.48. The molecule has 206 valence electrons. The average Bonchev–Trinajstić information content (AvgIpc) is 2.91. The van der Waals surface area contributed by atoms with Crippen molar-refractivity contribution in [3.05, 3.63) is 58.8 Å². The van der Waals surface area contributed by atoms with Crippen LogP contribution in [0.5, 0.6) is 23.0 Å². The molecule has 0 N–H and O–H groups in total. The summed E-state index contributed by atoms with van der Waals surface area (Å²) >= 11 is 0. The van der Waals surface area contributed by atoms with Crippen LogP contribution in [-0.2, 0) is 19.1 Å². The van der Waals surface area contributed by atoms with Gasteiger partial charge in [-0.2, -0.15) is 0 Å². The van der Waals surface area contributed by atoms with Crippen LogP contribution in [0.15, 0.2) is 52.7 Å². The number of nitrogens with zero attached hydrogens (tertiary/aromatic N) is 1. The number of esters is 2. The van der Waals surface area contributed by atoms with Gasteiger partial charge in [-0.3, -0.25) is 19.4 Å². The molecule has 0 aromatic heterocycles. The molecule has 1 unspecified atom stereocenters. The minimum absolute atomic E-state index is 0.0883. The number of Topliss-reactive ketones (excluding diaryl/α,β-unsaturated/α-hetero) is 1. The van der Waals surface area contributed by atoms with Crippen LogP contribution in [-0.4, -0.2) is 51.4 Å². The van der Waals surface area contributed by atoms with Crippen LogP contribution >= 0.6 is 0 Å². The van der Waals surface area contributed by atoms with Gasteiger partial charge in [-0.15, -0.1) is 0 Å². The molecule has 9 nitrogen and oxygen atoms in total. The molecule has 9 heteroatoms. The zero-order valence-corrected chi connectivity index (χ0v) is 23.0. The number of allylic oxidation sites excluding steroid dienone is 2. The van der Waals surface area contributed by atoms with Crippen molar-refractivity contribution in [2.45, 2.75) is 45.4 Å². The summed E-state index contributed by atoms with van der Waals surface area (Å²) in [6.45, 7) is 5.03. The van der Waals surface area contributed by atoms with Gasteiger partial charge in [0.05, 0.1) is 27.9 Å². The zero-order valence-electron chi connectivity index (χ0n) is 23.0. The van der Waals surface area contributed by atoms with Gasteiger partial charge >= 0.3 is 11.9 Å². The van der Waals surface area contributed by atoms with E-state index < -0.39 is 23.8 Å². The van der Waals surface area contributed by atoms with Gasteiger partial charge in [-0.25, -0.2) is 0 Å². The molecule has 39 heavy (non-hydrogen) atoms. The third kappa shape index (κ3) is 5.53. The molecule has 4 rings (SSSR count). The lowest BCUT2D eigenvalue weighted by atomic mass is 9.69. The van der Waals surface area contributed by atoms with Crippen LogP contribution < -0.4 is 18.9 Å². The quantitative estimate of drug-likeness (QED) is 0.351. The first-order valence-electron chi connectivity index (χ1n) is 12.8. The van der Waals surface area contributed by atoms with E-state index in [-0.39, 0.29) is 30.5 Å². The summed E-state index contributed by atoms with van der Waals surface area (Å²) in [6, 6.07) is 10.7. The molecule has 1 aliphatic carbocycles. The van der Waals surface area contributed by atoms with Gasteiger partial charge in [-0.1, -0.05) is 12.1 Å². The van der Waals surface area contributed by atoms with Crippen LogP contribution in [0.25, 0.3) is 0 Å². The minimum atomic E-state index is -0.783. The summed E-state index contributed by atoms with van der Waals surface area (Å²) in [7, 11) is 4.61. The molecule has 1 aliphatic heterocycles. The molecule has 2 aromatic carbocycles.